The molecule has 0 unspecified atom stereocenters. The summed E-state index contributed by atoms with van der Waals surface area (Å²) >= 11 is 0. The highest BCUT2D eigenvalue weighted by Gasteiger charge is 2.27. The Labute approximate surface area is 182 Å². The second-order valence-electron chi connectivity index (χ2n) is 7.94. The van der Waals surface area contributed by atoms with Crippen LogP contribution in [0.4, 0.5) is 0 Å². The molecule has 3 heterocycles. The number of benzene rings is 1. The lowest BCUT2D eigenvalue weighted by Gasteiger charge is -2.34. The van der Waals surface area contributed by atoms with E-state index >= 15 is 0 Å². The molecular weight excluding hydrogens is 396 g/mol. The topological polar surface area (TPSA) is 87.0 Å². The number of furan rings is 1. The summed E-state index contributed by atoms with van der Waals surface area (Å²) in [6.07, 6.45) is 2.59. The van der Waals surface area contributed by atoms with Gasteiger partial charge in [-0.2, -0.15) is 0 Å². The molecule has 31 heavy (non-hydrogen) atoms. The van der Waals surface area contributed by atoms with Crippen LogP contribution >= 0.6 is 0 Å². The quantitative estimate of drug-likeness (QED) is 0.641. The number of carbonyl (C=O) groups is 2. The van der Waals surface area contributed by atoms with E-state index in [1.165, 1.54) is 11.1 Å². The minimum atomic E-state index is -0.615. The SMILES string of the molecule is O=C(NCCN1CCOCC1)C(=O)NC[C@@H](c1ccco1)N1CCc2ccccc2C1. The van der Waals surface area contributed by atoms with Crippen LogP contribution < -0.4 is 10.6 Å². The van der Waals surface area contributed by atoms with Gasteiger partial charge in [0.15, 0.2) is 0 Å². The van der Waals surface area contributed by atoms with Crippen molar-refractivity contribution in [3.63, 3.8) is 0 Å². The van der Waals surface area contributed by atoms with Gasteiger partial charge in [0.05, 0.1) is 25.5 Å². The second kappa shape index (κ2) is 10.6. The Kier molecular flexibility index (Phi) is 7.35. The van der Waals surface area contributed by atoms with Gasteiger partial charge in [0.2, 0.25) is 0 Å². The Morgan fingerprint density at radius 1 is 0.968 bits per heavy atom. The first-order valence-corrected chi connectivity index (χ1v) is 10.9. The van der Waals surface area contributed by atoms with Gasteiger partial charge >= 0.3 is 11.8 Å². The second-order valence-corrected chi connectivity index (χ2v) is 7.94. The van der Waals surface area contributed by atoms with Crippen LogP contribution in [0.1, 0.15) is 22.9 Å². The maximum Gasteiger partial charge on any atom is 0.309 e. The predicted molar refractivity (Wildman–Crippen MR) is 115 cm³/mol. The summed E-state index contributed by atoms with van der Waals surface area (Å²) in [6.45, 7) is 6.24. The number of rotatable bonds is 7. The van der Waals surface area contributed by atoms with E-state index in [0.717, 1.165) is 38.4 Å². The zero-order valence-corrected chi connectivity index (χ0v) is 17.7. The highest BCUT2D eigenvalue weighted by molar-refractivity contribution is 6.35. The Bertz CT molecular complexity index is 864. The number of amides is 2. The van der Waals surface area contributed by atoms with Crippen LogP contribution in [0.2, 0.25) is 0 Å². The van der Waals surface area contributed by atoms with Gasteiger partial charge in [0, 0.05) is 45.8 Å². The lowest BCUT2D eigenvalue weighted by atomic mass is 9.98. The van der Waals surface area contributed by atoms with Crippen LogP contribution in [0.5, 0.6) is 0 Å². The smallest absolute Gasteiger partial charge is 0.309 e. The molecule has 1 atom stereocenters. The molecule has 2 aromatic rings. The van der Waals surface area contributed by atoms with Gasteiger partial charge in [-0.3, -0.25) is 19.4 Å². The van der Waals surface area contributed by atoms with Crippen molar-refractivity contribution in [1.82, 2.24) is 20.4 Å². The molecular formula is C23H30N4O4. The van der Waals surface area contributed by atoms with Gasteiger partial charge in [0.1, 0.15) is 5.76 Å². The molecule has 0 radical (unpaired) electrons. The number of morpholine rings is 1. The van der Waals surface area contributed by atoms with Crippen molar-refractivity contribution in [3.8, 4) is 0 Å². The molecule has 2 aliphatic rings. The molecule has 1 aromatic heterocycles. The number of nitrogens with one attached hydrogen (secondary N) is 2. The van der Waals surface area contributed by atoms with E-state index in [4.69, 9.17) is 9.15 Å². The molecule has 0 spiro atoms. The van der Waals surface area contributed by atoms with Crippen molar-refractivity contribution in [2.75, 3.05) is 52.5 Å². The third-order valence-corrected chi connectivity index (χ3v) is 5.95. The summed E-state index contributed by atoms with van der Waals surface area (Å²) < 4.78 is 11.0. The zero-order valence-electron chi connectivity index (χ0n) is 17.7. The summed E-state index contributed by atoms with van der Waals surface area (Å²) in [5.41, 5.74) is 2.65. The van der Waals surface area contributed by atoms with E-state index in [0.29, 0.717) is 32.8 Å². The summed E-state index contributed by atoms with van der Waals surface area (Å²) in [5, 5.41) is 5.50. The average molecular weight is 427 g/mol. The molecule has 2 aliphatic heterocycles. The van der Waals surface area contributed by atoms with Crippen LogP contribution in [-0.2, 0) is 27.3 Å². The number of ether oxygens (including phenoxy) is 1. The van der Waals surface area contributed by atoms with Crippen molar-refractivity contribution >= 4 is 11.8 Å². The average Bonchev–Trinajstić information content (AvgIpc) is 3.34. The Morgan fingerprint density at radius 3 is 2.52 bits per heavy atom. The molecule has 2 amide bonds. The number of fused-ring (bicyclic) bond motifs is 1. The molecule has 8 heteroatoms. The fourth-order valence-electron chi connectivity index (χ4n) is 4.18. The predicted octanol–water partition coefficient (Wildman–Crippen LogP) is 0.944. The van der Waals surface area contributed by atoms with E-state index in [-0.39, 0.29) is 6.04 Å². The minimum Gasteiger partial charge on any atom is -0.468 e. The van der Waals surface area contributed by atoms with Gasteiger partial charge in [-0.25, -0.2) is 0 Å². The van der Waals surface area contributed by atoms with Crippen molar-refractivity contribution in [2.45, 2.75) is 19.0 Å². The third kappa shape index (κ3) is 5.72. The number of hydrogen-bond acceptors (Lipinski definition) is 6. The Balaban J connectivity index is 1.29. The van der Waals surface area contributed by atoms with E-state index < -0.39 is 11.8 Å². The van der Waals surface area contributed by atoms with E-state index in [1.807, 2.05) is 18.2 Å². The first-order valence-electron chi connectivity index (χ1n) is 10.9. The monoisotopic (exact) mass is 426 g/mol. The van der Waals surface area contributed by atoms with Gasteiger partial charge < -0.3 is 19.8 Å². The van der Waals surface area contributed by atoms with Gasteiger partial charge in [0.25, 0.3) is 0 Å². The highest BCUT2D eigenvalue weighted by Crippen LogP contribution is 2.27. The third-order valence-electron chi connectivity index (χ3n) is 5.95. The maximum atomic E-state index is 12.4. The Morgan fingerprint density at radius 2 is 1.74 bits per heavy atom. The molecule has 4 rings (SSSR count). The number of nitrogens with zero attached hydrogens (tertiary/aromatic N) is 2. The minimum absolute atomic E-state index is 0.131. The fourth-order valence-corrected chi connectivity index (χ4v) is 4.18. The Hall–Kier alpha value is -2.68. The maximum absolute atomic E-state index is 12.4. The molecule has 0 saturated carbocycles. The van der Waals surface area contributed by atoms with E-state index in [1.54, 1.807) is 6.26 Å². The van der Waals surface area contributed by atoms with Crippen molar-refractivity contribution in [3.05, 3.63) is 59.5 Å². The van der Waals surface area contributed by atoms with Crippen LogP contribution in [0.15, 0.2) is 47.1 Å². The lowest BCUT2D eigenvalue weighted by Crippen LogP contribution is -2.47. The fraction of sp³-hybridized carbons (Fsp3) is 0.478. The van der Waals surface area contributed by atoms with Crippen molar-refractivity contribution in [2.24, 2.45) is 0 Å². The molecule has 8 nitrogen and oxygen atoms in total. The summed E-state index contributed by atoms with van der Waals surface area (Å²) in [4.78, 5) is 29.1. The van der Waals surface area contributed by atoms with Gasteiger partial charge in [-0.05, 0) is 29.7 Å². The van der Waals surface area contributed by atoms with Crippen LogP contribution in [0, 0.1) is 0 Å². The van der Waals surface area contributed by atoms with Crippen LogP contribution in [0.3, 0.4) is 0 Å². The lowest BCUT2D eigenvalue weighted by molar-refractivity contribution is -0.139. The molecule has 1 fully saturated rings. The number of carbonyl (C=O) groups excluding carboxylic acids is 2. The standard InChI is InChI=1S/C23H30N4O4/c28-22(24-8-10-26-11-14-30-15-12-26)23(29)25-16-20(21-6-3-13-31-21)27-9-7-18-4-1-2-5-19(18)17-27/h1-6,13,20H,7-12,14-17H2,(H,24,28)(H,25,29)/t20-/m0/s1. The molecule has 2 N–H and O–H groups in total. The van der Waals surface area contributed by atoms with Gasteiger partial charge in [-0.15, -0.1) is 0 Å². The molecule has 1 aromatic carbocycles. The molecule has 1 saturated heterocycles. The molecule has 166 valence electrons. The molecule has 0 bridgehead atoms. The highest BCUT2D eigenvalue weighted by atomic mass is 16.5. The van der Waals surface area contributed by atoms with Crippen LogP contribution in [-0.4, -0.2) is 74.1 Å². The van der Waals surface area contributed by atoms with E-state index in [2.05, 4.69) is 38.6 Å². The van der Waals surface area contributed by atoms with Crippen LogP contribution in [0.25, 0.3) is 0 Å². The first-order chi connectivity index (χ1) is 15.2. The number of hydrogen-bond donors (Lipinski definition) is 2. The van der Waals surface area contributed by atoms with Gasteiger partial charge in [-0.1, -0.05) is 24.3 Å². The zero-order chi connectivity index (χ0) is 21.5. The van der Waals surface area contributed by atoms with Crippen molar-refractivity contribution < 1.29 is 18.7 Å². The molecule has 0 aliphatic carbocycles. The van der Waals surface area contributed by atoms with E-state index in [9.17, 15) is 9.59 Å². The largest absolute Gasteiger partial charge is 0.468 e. The summed E-state index contributed by atoms with van der Waals surface area (Å²) in [6, 6.07) is 12.1. The summed E-state index contributed by atoms with van der Waals surface area (Å²) in [5.74, 6) is -0.432. The first kappa shape index (κ1) is 21.5. The summed E-state index contributed by atoms with van der Waals surface area (Å²) in [7, 11) is 0. The van der Waals surface area contributed by atoms with Crippen molar-refractivity contribution in [1.29, 1.82) is 0 Å². The normalized spacial score (nSPS) is 18.2.